The van der Waals surface area contributed by atoms with Gasteiger partial charge < -0.3 is 10.1 Å². The molecule has 0 radical (unpaired) electrons. The Morgan fingerprint density at radius 1 is 1.08 bits per heavy atom. The fourth-order valence-electron chi connectivity index (χ4n) is 1.79. The second-order valence-corrected chi connectivity index (χ2v) is 5.60. The van der Waals surface area contributed by atoms with Crippen molar-refractivity contribution in [3.8, 4) is 5.75 Å². The molecule has 8 heteroatoms. The lowest BCUT2D eigenvalue weighted by molar-refractivity contribution is -0.136. The molecule has 0 atom stereocenters. The molecule has 25 heavy (non-hydrogen) atoms. The van der Waals surface area contributed by atoms with Crippen molar-refractivity contribution in [2.24, 2.45) is 5.10 Å². The van der Waals surface area contributed by atoms with Crippen LogP contribution in [0.3, 0.4) is 0 Å². The van der Waals surface area contributed by atoms with E-state index in [2.05, 4.69) is 15.8 Å². The monoisotopic (exact) mass is 379 g/mol. The van der Waals surface area contributed by atoms with Crippen molar-refractivity contribution in [3.63, 3.8) is 0 Å². The minimum atomic E-state index is -0.909. The zero-order valence-electron chi connectivity index (χ0n) is 13.3. The molecule has 0 bridgehead atoms. The molecule has 0 saturated heterocycles. The van der Waals surface area contributed by atoms with Crippen LogP contribution in [-0.4, -0.2) is 24.6 Å². The molecule has 2 N–H and O–H groups in total. The van der Waals surface area contributed by atoms with Gasteiger partial charge in [-0.2, -0.15) is 5.10 Å². The fraction of sp³-hybridized carbons (Fsp3) is 0.118. The van der Waals surface area contributed by atoms with Gasteiger partial charge in [0.1, 0.15) is 5.75 Å². The Bertz CT molecular complexity index is 792. The summed E-state index contributed by atoms with van der Waals surface area (Å²) in [6.07, 6.45) is 1.42. The van der Waals surface area contributed by atoms with Crippen molar-refractivity contribution in [2.45, 2.75) is 6.92 Å². The van der Waals surface area contributed by atoms with Crippen molar-refractivity contribution >= 4 is 46.9 Å². The first-order valence-corrected chi connectivity index (χ1v) is 8.07. The standard InChI is InChI=1S/C17H15Cl2N3O3/c1-2-25-13-6-3-11(4-7-13)10-20-22-17(24)16(23)21-12-5-8-14(18)15(19)9-12/h3-10H,2H2,1H3,(H,21,23)(H,22,24)/b20-10-. The summed E-state index contributed by atoms with van der Waals surface area (Å²) in [5.74, 6) is -1.04. The number of nitrogens with zero attached hydrogens (tertiary/aromatic N) is 1. The van der Waals surface area contributed by atoms with Gasteiger partial charge in [0.05, 0.1) is 22.9 Å². The first-order chi connectivity index (χ1) is 12.0. The summed E-state index contributed by atoms with van der Waals surface area (Å²) in [5.41, 5.74) is 3.24. The number of benzene rings is 2. The zero-order valence-corrected chi connectivity index (χ0v) is 14.8. The van der Waals surface area contributed by atoms with Crippen LogP contribution in [0, 0.1) is 0 Å². The molecule has 0 fully saturated rings. The number of carbonyl (C=O) groups is 2. The van der Waals surface area contributed by atoms with Crippen molar-refractivity contribution < 1.29 is 14.3 Å². The fourth-order valence-corrected chi connectivity index (χ4v) is 2.09. The smallest absolute Gasteiger partial charge is 0.329 e. The molecule has 2 rings (SSSR count). The molecular weight excluding hydrogens is 365 g/mol. The first kappa shape index (κ1) is 18.8. The highest BCUT2D eigenvalue weighted by Gasteiger charge is 2.13. The molecule has 130 valence electrons. The van der Waals surface area contributed by atoms with Crippen LogP contribution in [0.5, 0.6) is 5.75 Å². The minimum absolute atomic E-state index is 0.272. The van der Waals surface area contributed by atoms with E-state index >= 15 is 0 Å². The summed E-state index contributed by atoms with van der Waals surface area (Å²) in [5, 5.41) is 6.76. The Morgan fingerprint density at radius 3 is 2.44 bits per heavy atom. The van der Waals surface area contributed by atoms with Crippen LogP contribution in [0.1, 0.15) is 12.5 Å². The Kier molecular flexibility index (Phi) is 6.80. The molecule has 0 aromatic heterocycles. The van der Waals surface area contributed by atoms with Crippen LogP contribution in [0.4, 0.5) is 5.69 Å². The van der Waals surface area contributed by atoms with E-state index in [1.807, 2.05) is 6.92 Å². The van der Waals surface area contributed by atoms with Crippen LogP contribution in [0.2, 0.25) is 10.0 Å². The highest BCUT2D eigenvalue weighted by molar-refractivity contribution is 6.42. The Hall–Kier alpha value is -2.57. The highest BCUT2D eigenvalue weighted by Crippen LogP contribution is 2.24. The maximum atomic E-state index is 11.8. The Labute approximate surface area is 154 Å². The van der Waals surface area contributed by atoms with E-state index < -0.39 is 11.8 Å². The van der Waals surface area contributed by atoms with Crippen LogP contribution in [-0.2, 0) is 9.59 Å². The van der Waals surface area contributed by atoms with E-state index in [1.165, 1.54) is 24.4 Å². The summed E-state index contributed by atoms with van der Waals surface area (Å²) in [7, 11) is 0. The van der Waals surface area contributed by atoms with Crippen LogP contribution in [0.25, 0.3) is 0 Å². The third-order valence-electron chi connectivity index (χ3n) is 2.95. The second-order valence-electron chi connectivity index (χ2n) is 4.78. The van der Waals surface area contributed by atoms with Crippen LogP contribution >= 0.6 is 23.2 Å². The van der Waals surface area contributed by atoms with Gasteiger partial charge in [0.25, 0.3) is 0 Å². The van der Waals surface area contributed by atoms with Gasteiger partial charge in [-0.1, -0.05) is 23.2 Å². The number of amides is 2. The molecular formula is C17H15Cl2N3O3. The van der Waals surface area contributed by atoms with E-state index in [0.717, 1.165) is 11.3 Å². The molecule has 2 aromatic rings. The zero-order chi connectivity index (χ0) is 18.2. The maximum Gasteiger partial charge on any atom is 0.329 e. The van der Waals surface area contributed by atoms with Gasteiger partial charge >= 0.3 is 11.8 Å². The van der Waals surface area contributed by atoms with Gasteiger partial charge in [0.15, 0.2) is 0 Å². The van der Waals surface area contributed by atoms with Gasteiger partial charge in [0, 0.05) is 5.69 Å². The molecule has 0 aliphatic rings. The summed E-state index contributed by atoms with van der Waals surface area (Å²) in [6.45, 7) is 2.48. The lowest BCUT2D eigenvalue weighted by Crippen LogP contribution is -2.32. The number of hydrogen-bond donors (Lipinski definition) is 2. The van der Waals surface area contributed by atoms with Crippen LogP contribution < -0.4 is 15.5 Å². The molecule has 0 saturated carbocycles. The quantitative estimate of drug-likeness (QED) is 0.474. The Balaban J connectivity index is 1.88. The third-order valence-corrected chi connectivity index (χ3v) is 3.69. The summed E-state index contributed by atoms with van der Waals surface area (Å²) in [6, 6.07) is 11.6. The number of hydrazone groups is 1. The second kappa shape index (κ2) is 9.05. The van der Waals surface area contributed by atoms with Crippen molar-refractivity contribution in [2.75, 3.05) is 11.9 Å². The molecule has 2 amide bonds. The molecule has 6 nitrogen and oxygen atoms in total. The predicted octanol–water partition coefficient (Wildman–Crippen LogP) is 3.48. The van der Waals surface area contributed by atoms with E-state index in [0.29, 0.717) is 17.3 Å². The SMILES string of the molecule is CCOc1ccc(/C=N\NC(=O)C(=O)Nc2ccc(Cl)c(Cl)c2)cc1. The third kappa shape index (κ3) is 5.77. The van der Waals surface area contributed by atoms with Crippen LogP contribution in [0.15, 0.2) is 47.6 Å². The van der Waals surface area contributed by atoms with E-state index in [4.69, 9.17) is 27.9 Å². The average molecular weight is 380 g/mol. The number of carbonyl (C=O) groups excluding carboxylic acids is 2. The molecule has 0 aliphatic carbocycles. The lowest BCUT2D eigenvalue weighted by atomic mass is 10.2. The lowest BCUT2D eigenvalue weighted by Gasteiger charge is -2.05. The van der Waals surface area contributed by atoms with Crippen molar-refractivity contribution in [1.82, 2.24) is 5.43 Å². The summed E-state index contributed by atoms with van der Waals surface area (Å²) >= 11 is 11.6. The molecule has 0 heterocycles. The van der Waals surface area contributed by atoms with Crippen molar-refractivity contribution in [3.05, 3.63) is 58.1 Å². The molecule has 0 aliphatic heterocycles. The highest BCUT2D eigenvalue weighted by atomic mass is 35.5. The number of ether oxygens (including phenoxy) is 1. The number of rotatable bonds is 5. The van der Waals surface area contributed by atoms with Gasteiger partial charge in [-0.3, -0.25) is 9.59 Å². The average Bonchev–Trinajstić information content (AvgIpc) is 2.60. The summed E-state index contributed by atoms with van der Waals surface area (Å²) in [4.78, 5) is 23.5. The normalized spacial score (nSPS) is 10.5. The maximum absolute atomic E-state index is 11.8. The number of nitrogens with one attached hydrogen (secondary N) is 2. The largest absolute Gasteiger partial charge is 0.494 e. The van der Waals surface area contributed by atoms with Gasteiger partial charge in [0.2, 0.25) is 0 Å². The number of anilines is 1. The predicted molar refractivity (Wildman–Crippen MR) is 98.4 cm³/mol. The number of hydrogen-bond acceptors (Lipinski definition) is 4. The van der Waals surface area contributed by atoms with Crippen molar-refractivity contribution in [1.29, 1.82) is 0 Å². The summed E-state index contributed by atoms with van der Waals surface area (Å²) < 4.78 is 5.32. The Morgan fingerprint density at radius 2 is 1.80 bits per heavy atom. The van der Waals surface area contributed by atoms with Gasteiger partial charge in [-0.25, -0.2) is 5.43 Å². The number of halogens is 2. The van der Waals surface area contributed by atoms with E-state index in [9.17, 15) is 9.59 Å². The first-order valence-electron chi connectivity index (χ1n) is 7.32. The van der Waals surface area contributed by atoms with E-state index in [1.54, 1.807) is 24.3 Å². The molecule has 0 spiro atoms. The van der Waals surface area contributed by atoms with Gasteiger partial charge in [-0.05, 0) is 55.0 Å². The topological polar surface area (TPSA) is 79.8 Å². The minimum Gasteiger partial charge on any atom is -0.494 e. The van der Waals surface area contributed by atoms with E-state index in [-0.39, 0.29) is 5.02 Å². The van der Waals surface area contributed by atoms with Gasteiger partial charge in [-0.15, -0.1) is 0 Å². The molecule has 2 aromatic carbocycles. The molecule has 0 unspecified atom stereocenters.